The van der Waals surface area contributed by atoms with Gasteiger partial charge in [-0.3, -0.25) is 9.59 Å². The Labute approximate surface area is 138 Å². The predicted octanol–water partition coefficient (Wildman–Crippen LogP) is 0.991. The van der Waals surface area contributed by atoms with E-state index in [9.17, 15) is 9.59 Å². The maximum atomic E-state index is 12.8. The zero-order valence-electron chi connectivity index (χ0n) is 14.3. The summed E-state index contributed by atoms with van der Waals surface area (Å²) in [5, 5.41) is 2.77. The molecule has 5 heteroatoms. The summed E-state index contributed by atoms with van der Waals surface area (Å²) in [6.07, 6.45) is 1.37. The maximum Gasteiger partial charge on any atom is 0.255 e. The number of amides is 2. The van der Waals surface area contributed by atoms with Crippen molar-refractivity contribution in [3.63, 3.8) is 0 Å². The van der Waals surface area contributed by atoms with E-state index in [1.165, 1.54) is 5.56 Å². The zero-order chi connectivity index (χ0) is 16.9. The van der Waals surface area contributed by atoms with Crippen LogP contribution in [0.2, 0.25) is 0 Å². The average molecular weight is 310 g/mol. The van der Waals surface area contributed by atoms with Crippen LogP contribution in [-0.4, -0.2) is 30.6 Å². The van der Waals surface area contributed by atoms with Crippen LogP contribution >= 0.6 is 0 Å². The molecule has 1 unspecified atom stereocenters. The summed E-state index contributed by atoms with van der Waals surface area (Å²) in [7, 11) is 2.05. The molecule has 2 heterocycles. The van der Waals surface area contributed by atoms with Crippen LogP contribution < -0.4 is 10.8 Å². The Balaban J connectivity index is 1.93. The number of hydrogen-bond donors (Lipinski definition) is 1. The molecule has 2 aliphatic heterocycles. The van der Waals surface area contributed by atoms with Gasteiger partial charge in [-0.15, -0.1) is 0 Å². The summed E-state index contributed by atoms with van der Waals surface area (Å²) in [6.45, 7) is 10.8. The van der Waals surface area contributed by atoms with Crippen LogP contribution in [0.25, 0.3) is 0 Å². The molecule has 1 fully saturated rings. The number of carbonyl (C=O) groups excluding carboxylic acids is 2. The van der Waals surface area contributed by atoms with Crippen molar-refractivity contribution in [1.29, 1.82) is 0 Å². The van der Waals surface area contributed by atoms with Crippen LogP contribution in [-0.2, 0) is 16.8 Å². The SMILES string of the molecule is Bc1cc2c(cc1C(C)(C)C)CN(C1CCC(=C)NC1=O)C2=O. The van der Waals surface area contributed by atoms with Gasteiger partial charge in [0.25, 0.3) is 5.91 Å². The van der Waals surface area contributed by atoms with Gasteiger partial charge < -0.3 is 10.2 Å². The smallest absolute Gasteiger partial charge is 0.255 e. The van der Waals surface area contributed by atoms with Gasteiger partial charge in [0.15, 0.2) is 0 Å². The van der Waals surface area contributed by atoms with Crippen molar-refractivity contribution >= 4 is 25.1 Å². The highest BCUT2D eigenvalue weighted by Crippen LogP contribution is 2.31. The Bertz CT molecular complexity index is 718. The fraction of sp³-hybridized carbons (Fsp3) is 0.444. The molecule has 2 aliphatic rings. The minimum absolute atomic E-state index is 0.0313. The topological polar surface area (TPSA) is 49.4 Å². The fourth-order valence-corrected chi connectivity index (χ4v) is 3.61. The molecule has 0 bridgehead atoms. The number of rotatable bonds is 1. The molecule has 120 valence electrons. The van der Waals surface area contributed by atoms with Crippen molar-refractivity contribution in [2.45, 2.75) is 51.6 Å². The van der Waals surface area contributed by atoms with Crippen LogP contribution in [0.5, 0.6) is 0 Å². The summed E-state index contributed by atoms with van der Waals surface area (Å²) in [4.78, 5) is 26.7. The molecule has 0 aliphatic carbocycles. The quantitative estimate of drug-likeness (QED) is 0.787. The summed E-state index contributed by atoms with van der Waals surface area (Å²) >= 11 is 0. The van der Waals surface area contributed by atoms with Crippen molar-refractivity contribution < 1.29 is 9.59 Å². The van der Waals surface area contributed by atoms with Crippen molar-refractivity contribution in [2.24, 2.45) is 0 Å². The second-order valence-electron chi connectivity index (χ2n) is 7.65. The number of nitrogens with one attached hydrogen (secondary N) is 1. The monoisotopic (exact) mass is 310 g/mol. The van der Waals surface area contributed by atoms with E-state index in [1.807, 2.05) is 13.9 Å². The number of fused-ring (bicyclic) bond motifs is 1. The van der Waals surface area contributed by atoms with Crippen molar-refractivity contribution in [3.05, 3.63) is 41.1 Å². The lowest BCUT2D eigenvalue weighted by molar-refractivity contribution is -0.126. The summed E-state index contributed by atoms with van der Waals surface area (Å²) in [6, 6.07) is 3.74. The third kappa shape index (κ3) is 2.69. The van der Waals surface area contributed by atoms with E-state index >= 15 is 0 Å². The Hall–Kier alpha value is -2.04. The first-order chi connectivity index (χ1) is 10.7. The number of allylic oxidation sites excluding steroid dienone is 1. The van der Waals surface area contributed by atoms with Crippen LogP contribution in [0.15, 0.2) is 24.4 Å². The number of carbonyl (C=O) groups is 2. The minimum Gasteiger partial charge on any atom is -0.329 e. The first-order valence-corrected chi connectivity index (χ1v) is 8.12. The molecular formula is C18H23BN2O2. The minimum atomic E-state index is -0.390. The normalized spacial score (nSPS) is 21.4. The van der Waals surface area contributed by atoms with Gasteiger partial charge in [0.05, 0.1) is 0 Å². The Morgan fingerprint density at radius 3 is 2.61 bits per heavy atom. The second kappa shape index (κ2) is 5.26. The van der Waals surface area contributed by atoms with E-state index in [2.05, 4.69) is 38.7 Å². The van der Waals surface area contributed by atoms with Gasteiger partial charge >= 0.3 is 0 Å². The van der Waals surface area contributed by atoms with E-state index in [0.29, 0.717) is 13.0 Å². The van der Waals surface area contributed by atoms with Gasteiger partial charge in [0, 0.05) is 17.8 Å². The molecule has 1 aromatic carbocycles. The van der Waals surface area contributed by atoms with Crippen LogP contribution in [0.1, 0.15) is 55.1 Å². The van der Waals surface area contributed by atoms with Crippen molar-refractivity contribution in [1.82, 2.24) is 10.2 Å². The molecule has 0 radical (unpaired) electrons. The Morgan fingerprint density at radius 1 is 1.30 bits per heavy atom. The first kappa shape index (κ1) is 15.8. The average Bonchev–Trinajstić information content (AvgIpc) is 2.74. The molecule has 1 aromatic rings. The Kier molecular flexibility index (Phi) is 3.62. The van der Waals surface area contributed by atoms with Gasteiger partial charge in [-0.2, -0.15) is 0 Å². The number of piperidine rings is 1. The molecule has 4 nitrogen and oxygen atoms in total. The molecular weight excluding hydrogens is 287 g/mol. The molecule has 3 rings (SSSR count). The van der Waals surface area contributed by atoms with Crippen molar-refractivity contribution in [2.75, 3.05) is 0 Å². The van der Waals surface area contributed by atoms with E-state index in [1.54, 1.807) is 4.90 Å². The first-order valence-electron chi connectivity index (χ1n) is 8.12. The van der Waals surface area contributed by atoms with E-state index < -0.39 is 6.04 Å². The molecule has 2 amide bonds. The highest BCUT2D eigenvalue weighted by Gasteiger charge is 2.38. The highest BCUT2D eigenvalue weighted by molar-refractivity contribution is 6.34. The standard InChI is InChI=1S/C18H23BN2O2/c1-10-5-6-15(16(22)20-10)21-9-11-7-13(18(2,3)4)14(19)8-12(11)17(21)23/h7-8,15H,1,5-6,9,19H2,2-4H3,(H,20,22). The maximum absolute atomic E-state index is 12.8. The predicted molar refractivity (Wildman–Crippen MR) is 93.5 cm³/mol. The van der Waals surface area contributed by atoms with Crippen LogP contribution in [0.4, 0.5) is 0 Å². The van der Waals surface area contributed by atoms with Crippen LogP contribution in [0.3, 0.4) is 0 Å². The van der Waals surface area contributed by atoms with Gasteiger partial charge in [0.1, 0.15) is 13.9 Å². The third-order valence-corrected chi connectivity index (χ3v) is 4.79. The van der Waals surface area contributed by atoms with Gasteiger partial charge in [0.2, 0.25) is 5.91 Å². The lowest BCUT2D eigenvalue weighted by atomic mass is 9.76. The fourth-order valence-electron chi connectivity index (χ4n) is 3.61. The van der Waals surface area contributed by atoms with E-state index in [4.69, 9.17) is 0 Å². The van der Waals surface area contributed by atoms with E-state index in [-0.39, 0.29) is 17.2 Å². The molecule has 1 N–H and O–H groups in total. The number of nitrogens with zero attached hydrogens (tertiary/aromatic N) is 1. The summed E-state index contributed by atoms with van der Waals surface area (Å²) < 4.78 is 0. The lowest BCUT2D eigenvalue weighted by Gasteiger charge is -2.30. The lowest BCUT2D eigenvalue weighted by Crippen LogP contribution is -2.49. The van der Waals surface area contributed by atoms with E-state index in [0.717, 1.165) is 28.7 Å². The van der Waals surface area contributed by atoms with Gasteiger partial charge in [-0.1, -0.05) is 44.9 Å². The van der Waals surface area contributed by atoms with Gasteiger partial charge in [-0.05, 0) is 29.4 Å². The third-order valence-electron chi connectivity index (χ3n) is 4.79. The van der Waals surface area contributed by atoms with Gasteiger partial charge in [-0.25, -0.2) is 0 Å². The molecule has 0 aromatic heterocycles. The molecule has 23 heavy (non-hydrogen) atoms. The molecule has 1 saturated heterocycles. The van der Waals surface area contributed by atoms with Crippen molar-refractivity contribution in [3.8, 4) is 0 Å². The molecule has 1 atom stereocenters. The Morgan fingerprint density at radius 2 is 2.00 bits per heavy atom. The zero-order valence-corrected chi connectivity index (χ0v) is 14.3. The summed E-state index contributed by atoms with van der Waals surface area (Å²) in [5.41, 5.74) is 4.94. The molecule has 0 spiro atoms. The number of hydrogen-bond acceptors (Lipinski definition) is 2. The highest BCUT2D eigenvalue weighted by atomic mass is 16.2. The number of benzene rings is 1. The largest absolute Gasteiger partial charge is 0.329 e. The van der Waals surface area contributed by atoms with Crippen LogP contribution in [0, 0.1) is 0 Å². The summed E-state index contributed by atoms with van der Waals surface area (Å²) in [5.74, 6) is -0.147. The second-order valence-corrected chi connectivity index (χ2v) is 7.65. The molecule has 0 saturated carbocycles.